The number of hydrogen-bond acceptors (Lipinski definition) is 3. The van der Waals surface area contributed by atoms with Gasteiger partial charge in [0, 0.05) is 12.5 Å². The number of aromatic hydroxyl groups is 1. The van der Waals surface area contributed by atoms with Crippen LogP contribution in [0.4, 0.5) is 5.69 Å². The lowest BCUT2D eigenvalue weighted by molar-refractivity contribution is -0.116. The Hall–Kier alpha value is -1.55. The van der Waals surface area contributed by atoms with Crippen molar-refractivity contribution >= 4 is 11.6 Å². The van der Waals surface area contributed by atoms with Gasteiger partial charge in [-0.25, -0.2) is 0 Å². The van der Waals surface area contributed by atoms with Crippen LogP contribution in [0, 0.1) is 13.8 Å². The Morgan fingerprint density at radius 2 is 2.11 bits per heavy atom. The average Bonchev–Trinajstić information content (AvgIpc) is 2.25. The largest absolute Gasteiger partial charge is 0.505 e. The van der Waals surface area contributed by atoms with Crippen LogP contribution in [0.25, 0.3) is 0 Å². The first-order chi connectivity index (χ1) is 8.43. The Labute approximate surface area is 108 Å². The van der Waals surface area contributed by atoms with E-state index >= 15 is 0 Å². The molecule has 1 rings (SSSR count). The summed E-state index contributed by atoms with van der Waals surface area (Å²) in [5, 5.41) is 12.6. The normalized spacial score (nSPS) is 12.2. The van der Waals surface area contributed by atoms with E-state index in [1.807, 2.05) is 19.9 Å². The van der Waals surface area contributed by atoms with Crippen molar-refractivity contribution in [3.8, 4) is 5.75 Å². The Morgan fingerprint density at radius 1 is 1.44 bits per heavy atom. The number of amides is 1. The van der Waals surface area contributed by atoms with Gasteiger partial charge < -0.3 is 16.2 Å². The molecule has 4 N–H and O–H groups in total. The van der Waals surface area contributed by atoms with E-state index in [1.165, 1.54) is 0 Å². The van der Waals surface area contributed by atoms with Crippen LogP contribution >= 0.6 is 0 Å². The maximum absolute atomic E-state index is 11.8. The zero-order valence-electron chi connectivity index (χ0n) is 11.3. The van der Waals surface area contributed by atoms with E-state index < -0.39 is 0 Å². The maximum Gasteiger partial charge on any atom is 0.226 e. The van der Waals surface area contributed by atoms with E-state index in [9.17, 15) is 9.90 Å². The molecule has 1 unspecified atom stereocenters. The molecule has 4 nitrogen and oxygen atoms in total. The third kappa shape index (κ3) is 4.04. The zero-order chi connectivity index (χ0) is 13.7. The number of phenols is 1. The van der Waals surface area contributed by atoms with Gasteiger partial charge in [-0.1, -0.05) is 19.4 Å². The van der Waals surface area contributed by atoms with Gasteiger partial charge in [-0.3, -0.25) is 4.79 Å². The molecule has 100 valence electrons. The van der Waals surface area contributed by atoms with Crippen LogP contribution in [0.2, 0.25) is 0 Å². The van der Waals surface area contributed by atoms with Crippen LogP contribution in [0.3, 0.4) is 0 Å². The van der Waals surface area contributed by atoms with Crippen molar-refractivity contribution in [2.75, 3.05) is 5.32 Å². The highest BCUT2D eigenvalue weighted by Gasteiger charge is 2.12. The summed E-state index contributed by atoms with van der Waals surface area (Å²) in [7, 11) is 0. The number of carbonyl (C=O) groups is 1. The number of benzene rings is 1. The lowest BCUT2D eigenvalue weighted by Crippen LogP contribution is -2.26. The standard InChI is InChI=1S/C14H22N2O2/c1-4-5-11(15)8-13(17)16-12-7-9(2)6-10(3)14(12)18/h6-7,11,18H,4-5,8,15H2,1-3H3,(H,16,17). The summed E-state index contributed by atoms with van der Waals surface area (Å²) in [6, 6.07) is 3.50. The van der Waals surface area contributed by atoms with E-state index in [0.717, 1.165) is 24.0 Å². The summed E-state index contributed by atoms with van der Waals surface area (Å²) in [6.45, 7) is 5.76. The molecule has 18 heavy (non-hydrogen) atoms. The second kappa shape index (κ2) is 6.40. The van der Waals surface area contributed by atoms with Crippen molar-refractivity contribution in [2.45, 2.75) is 46.1 Å². The van der Waals surface area contributed by atoms with E-state index in [1.54, 1.807) is 13.0 Å². The molecule has 1 aromatic rings. The molecule has 1 atom stereocenters. The summed E-state index contributed by atoms with van der Waals surface area (Å²) < 4.78 is 0. The van der Waals surface area contributed by atoms with Gasteiger partial charge in [-0.2, -0.15) is 0 Å². The lowest BCUT2D eigenvalue weighted by Gasteiger charge is -2.13. The molecule has 0 radical (unpaired) electrons. The van der Waals surface area contributed by atoms with Crippen LogP contribution in [0.15, 0.2) is 12.1 Å². The molecule has 0 fully saturated rings. The minimum absolute atomic E-state index is 0.122. The highest BCUT2D eigenvalue weighted by molar-refractivity contribution is 5.93. The molecule has 1 amide bonds. The molecule has 0 aliphatic heterocycles. The Balaban J connectivity index is 2.70. The monoisotopic (exact) mass is 250 g/mol. The van der Waals surface area contributed by atoms with Gasteiger partial charge in [0.1, 0.15) is 5.75 Å². The Bertz CT molecular complexity index is 430. The Morgan fingerprint density at radius 3 is 2.72 bits per heavy atom. The number of rotatable bonds is 5. The molecule has 0 aliphatic rings. The lowest BCUT2D eigenvalue weighted by atomic mass is 10.1. The van der Waals surface area contributed by atoms with Crippen molar-refractivity contribution in [1.29, 1.82) is 0 Å². The van der Waals surface area contributed by atoms with Crippen molar-refractivity contribution in [3.63, 3.8) is 0 Å². The van der Waals surface area contributed by atoms with Gasteiger partial charge in [0.25, 0.3) is 0 Å². The summed E-state index contributed by atoms with van der Waals surface area (Å²) in [5.41, 5.74) is 8.02. The highest BCUT2D eigenvalue weighted by Crippen LogP contribution is 2.28. The molecule has 4 heteroatoms. The number of nitrogens with one attached hydrogen (secondary N) is 1. The molecular weight excluding hydrogens is 228 g/mol. The van der Waals surface area contributed by atoms with Gasteiger partial charge in [0.15, 0.2) is 0 Å². The zero-order valence-corrected chi connectivity index (χ0v) is 11.3. The average molecular weight is 250 g/mol. The SMILES string of the molecule is CCCC(N)CC(=O)Nc1cc(C)cc(C)c1O. The second-order valence-corrected chi connectivity index (χ2v) is 4.78. The van der Waals surface area contributed by atoms with Crippen LogP contribution < -0.4 is 11.1 Å². The third-order valence-corrected chi connectivity index (χ3v) is 2.83. The quantitative estimate of drug-likeness (QED) is 0.703. The fourth-order valence-corrected chi connectivity index (χ4v) is 1.97. The molecule has 0 saturated heterocycles. The summed E-state index contributed by atoms with van der Waals surface area (Å²) in [4.78, 5) is 11.8. The van der Waals surface area contributed by atoms with Gasteiger partial charge >= 0.3 is 0 Å². The van der Waals surface area contributed by atoms with Gasteiger partial charge in [0.05, 0.1) is 5.69 Å². The van der Waals surface area contributed by atoms with Crippen molar-refractivity contribution in [3.05, 3.63) is 23.3 Å². The number of nitrogens with two attached hydrogens (primary N) is 1. The highest BCUT2D eigenvalue weighted by atomic mass is 16.3. The number of anilines is 1. The number of hydrogen-bond donors (Lipinski definition) is 3. The smallest absolute Gasteiger partial charge is 0.226 e. The van der Waals surface area contributed by atoms with Crippen LogP contribution in [0.1, 0.15) is 37.3 Å². The Kier molecular flexibility index (Phi) is 5.16. The summed E-state index contributed by atoms with van der Waals surface area (Å²) >= 11 is 0. The van der Waals surface area contributed by atoms with Gasteiger partial charge in [-0.15, -0.1) is 0 Å². The number of aryl methyl sites for hydroxylation is 2. The molecule has 0 bridgehead atoms. The van der Waals surface area contributed by atoms with Crippen LogP contribution in [-0.4, -0.2) is 17.1 Å². The molecule has 0 saturated carbocycles. The fraction of sp³-hybridized carbons (Fsp3) is 0.500. The van der Waals surface area contributed by atoms with E-state index in [0.29, 0.717) is 5.69 Å². The van der Waals surface area contributed by atoms with Gasteiger partial charge in [0.2, 0.25) is 5.91 Å². The molecule has 0 heterocycles. The van der Waals surface area contributed by atoms with Crippen LogP contribution in [-0.2, 0) is 4.79 Å². The van der Waals surface area contributed by atoms with Crippen molar-refractivity contribution < 1.29 is 9.90 Å². The fourth-order valence-electron chi connectivity index (χ4n) is 1.97. The predicted octanol–water partition coefficient (Wildman–Crippen LogP) is 2.47. The number of phenolic OH excluding ortho intramolecular Hbond substituents is 1. The van der Waals surface area contributed by atoms with Crippen LogP contribution in [0.5, 0.6) is 5.75 Å². The van der Waals surface area contributed by atoms with E-state index in [2.05, 4.69) is 5.32 Å². The van der Waals surface area contributed by atoms with E-state index in [-0.39, 0.29) is 24.1 Å². The first kappa shape index (κ1) is 14.5. The van der Waals surface area contributed by atoms with Gasteiger partial charge in [-0.05, 0) is 37.5 Å². The van der Waals surface area contributed by atoms with Crippen molar-refractivity contribution in [1.82, 2.24) is 0 Å². The second-order valence-electron chi connectivity index (χ2n) is 4.78. The molecule has 1 aromatic carbocycles. The molecular formula is C14H22N2O2. The predicted molar refractivity (Wildman–Crippen MR) is 73.7 cm³/mol. The summed E-state index contributed by atoms with van der Waals surface area (Å²) in [6.07, 6.45) is 2.07. The number of carbonyl (C=O) groups excluding carboxylic acids is 1. The minimum atomic E-state index is -0.156. The summed E-state index contributed by atoms with van der Waals surface area (Å²) in [5.74, 6) is -0.0331. The first-order valence-electron chi connectivity index (χ1n) is 6.29. The molecule has 0 spiro atoms. The maximum atomic E-state index is 11.8. The first-order valence-corrected chi connectivity index (χ1v) is 6.29. The topological polar surface area (TPSA) is 75.4 Å². The molecule has 0 aliphatic carbocycles. The van der Waals surface area contributed by atoms with Crippen molar-refractivity contribution in [2.24, 2.45) is 5.73 Å². The minimum Gasteiger partial charge on any atom is -0.505 e. The third-order valence-electron chi connectivity index (χ3n) is 2.83. The van der Waals surface area contributed by atoms with E-state index in [4.69, 9.17) is 5.73 Å². The molecule has 0 aromatic heterocycles.